The first kappa shape index (κ1) is 18.9. The second-order valence-corrected chi connectivity index (χ2v) is 6.95. The normalized spacial score (nSPS) is 16.6. The molecule has 1 saturated heterocycles. The van der Waals surface area contributed by atoms with E-state index >= 15 is 0 Å². The van der Waals surface area contributed by atoms with Gasteiger partial charge in [-0.25, -0.2) is 9.78 Å². The first-order chi connectivity index (χ1) is 13.1. The van der Waals surface area contributed by atoms with Crippen molar-refractivity contribution in [2.75, 3.05) is 11.9 Å². The Morgan fingerprint density at radius 2 is 2.11 bits per heavy atom. The van der Waals surface area contributed by atoms with Crippen LogP contribution >= 0.6 is 0 Å². The fraction of sp³-hybridized carbons (Fsp3) is 0.450. The van der Waals surface area contributed by atoms with Crippen LogP contribution in [-0.4, -0.2) is 33.0 Å². The largest absolute Gasteiger partial charge is 0.444 e. The molecule has 0 bridgehead atoms. The molecule has 1 aliphatic rings. The van der Waals surface area contributed by atoms with Crippen LogP contribution in [0, 0.1) is 5.92 Å². The third-order valence-electron chi connectivity index (χ3n) is 4.86. The number of rotatable bonds is 7. The summed E-state index contributed by atoms with van der Waals surface area (Å²) in [4.78, 5) is 30.3. The number of hydrogen-bond donors (Lipinski definition) is 1. The first-order valence-corrected chi connectivity index (χ1v) is 9.33. The highest BCUT2D eigenvalue weighted by atomic mass is 16.5. The quantitative estimate of drug-likeness (QED) is 0.811. The number of carbonyl (C=O) groups is 2. The SMILES string of the molecule is CCCC1CC(=O)N(Cc2cnc(NC(=O)OCc3ccccc3)n2C)C1. The summed E-state index contributed by atoms with van der Waals surface area (Å²) in [5.41, 5.74) is 1.79. The van der Waals surface area contributed by atoms with Gasteiger partial charge in [-0.1, -0.05) is 43.7 Å². The van der Waals surface area contributed by atoms with Gasteiger partial charge in [0.05, 0.1) is 18.4 Å². The van der Waals surface area contributed by atoms with E-state index in [0.29, 0.717) is 24.8 Å². The number of nitrogens with zero attached hydrogens (tertiary/aromatic N) is 3. The van der Waals surface area contributed by atoms with Crippen LogP contribution in [0.1, 0.15) is 37.4 Å². The van der Waals surface area contributed by atoms with Crippen molar-refractivity contribution in [3.8, 4) is 0 Å². The number of amides is 2. The van der Waals surface area contributed by atoms with E-state index in [4.69, 9.17) is 4.74 Å². The van der Waals surface area contributed by atoms with Gasteiger partial charge in [-0.05, 0) is 17.9 Å². The minimum absolute atomic E-state index is 0.187. The molecule has 7 heteroatoms. The van der Waals surface area contributed by atoms with Crippen LogP contribution in [0.15, 0.2) is 36.5 Å². The molecule has 1 unspecified atom stereocenters. The summed E-state index contributed by atoms with van der Waals surface area (Å²) >= 11 is 0. The highest BCUT2D eigenvalue weighted by Crippen LogP contribution is 2.24. The second kappa shape index (κ2) is 8.70. The van der Waals surface area contributed by atoms with Gasteiger partial charge in [-0.2, -0.15) is 0 Å². The molecule has 2 aromatic rings. The molecule has 2 heterocycles. The van der Waals surface area contributed by atoms with Crippen molar-refractivity contribution in [3.05, 3.63) is 47.8 Å². The molecule has 2 amide bonds. The Hall–Kier alpha value is -2.83. The van der Waals surface area contributed by atoms with Gasteiger partial charge in [0, 0.05) is 20.0 Å². The van der Waals surface area contributed by atoms with Gasteiger partial charge in [0.15, 0.2) is 0 Å². The molecule has 1 aromatic heterocycles. The van der Waals surface area contributed by atoms with Crippen LogP contribution in [0.4, 0.5) is 10.7 Å². The molecule has 7 nitrogen and oxygen atoms in total. The van der Waals surface area contributed by atoms with Crippen LogP contribution in [0.5, 0.6) is 0 Å². The number of carbonyl (C=O) groups excluding carboxylic acids is 2. The van der Waals surface area contributed by atoms with Crippen molar-refractivity contribution >= 4 is 17.9 Å². The van der Waals surface area contributed by atoms with Crippen molar-refractivity contribution in [1.29, 1.82) is 0 Å². The number of imidazole rings is 1. The van der Waals surface area contributed by atoms with Crippen molar-refractivity contribution in [1.82, 2.24) is 14.5 Å². The molecule has 1 atom stereocenters. The number of benzene rings is 1. The van der Waals surface area contributed by atoms with Crippen molar-refractivity contribution in [2.24, 2.45) is 13.0 Å². The van der Waals surface area contributed by atoms with E-state index in [1.165, 1.54) is 0 Å². The zero-order chi connectivity index (χ0) is 19.2. The van der Waals surface area contributed by atoms with Gasteiger partial charge in [0.2, 0.25) is 11.9 Å². The maximum Gasteiger partial charge on any atom is 0.414 e. The summed E-state index contributed by atoms with van der Waals surface area (Å²) in [5.74, 6) is 1.03. The van der Waals surface area contributed by atoms with Crippen LogP contribution in [-0.2, 0) is 29.7 Å². The second-order valence-electron chi connectivity index (χ2n) is 6.95. The molecule has 0 radical (unpaired) electrons. The van der Waals surface area contributed by atoms with Gasteiger partial charge in [0.1, 0.15) is 6.61 Å². The molecule has 144 valence electrons. The van der Waals surface area contributed by atoms with Crippen LogP contribution in [0.3, 0.4) is 0 Å². The molecule has 0 aliphatic carbocycles. The number of likely N-dealkylation sites (tertiary alicyclic amines) is 1. The van der Waals surface area contributed by atoms with E-state index in [9.17, 15) is 9.59 Å². The molecule has 1 aromatic carbocycles. The lowest BCUT2D eigenvalue weighted by molar-refractivity contribution is -0.128. The van der Waals surface area contributed by atoms with Crippen molar-refractivity contribution in [3.63, 3.8) is 0 Å². The summed E-state index contributed by atoms with van der Waals surface area (Å²) in [7, 11) is 1.82. The highest BCUT2D eigenvalue weighted by molar-refractivity contribution is 5.82. The summed E-state index contributed by atoms with van der Waals surface area (Å²) in [6.45, 7) is 3.64. The third kappa shape index (κ3) is 4.87. The lowest BCUT2D eigenvalue weighted by Crippen LogP contribution is -2.26. The molecular formula is C20H26N4O3. The van der Waals surface area contributed by atoms with Crippen molar-refractivity contribution < 1.29 is 14.3 Å². The average Bonchev–Trinajstić information content (AvgIpc) is 3.18. The number of hydrogen-bond acceptors (Lipinski definition) is 4. The van der Waals surface area contributed by atoms with Crippen LogP contribution in [0.25, 0.3) is 0 Å². The smallest absolute Gasteiger partial charge is 0.414 e. The van der Waals surface area contributed by atoms with Crippen LogP contribution in [0.2, 0.25) is 0 Å². The predicted octanol–water partition coefficient (Wildman–Crippen LogP) is 3.32. The Kier molecular flexibility index (Phi) is 6.11. The minimum Gasteiger partial charge on any atom is -0.444 e. The fourth-order valence-electron chi connectivity index (χ4n) is 3.36. The Labute approximate surface area is 159 Å². The van der Waals surface area contributed by atoms with Crippen LogP contribution < -0.4 is 5.32 Å². The minimum atomic E-state index is -0.556. The highest BCUT2D eigenvalue weighted by Gasteiger charge is 2.29. The predicted molar refractivity (Wildman–Crippen MR) is 102 cm³/mol. The Balaban J connectivity index is 1.54. The van der Waals surface area contributed by atoms with Gasteiger partial charge < -0.3 is 14.2 Å². The molecule has 3 rings (SSSR count). The molecule has 1 aliphatic heterocycles. The fourth-order valence-corrected chi connectivity index (χ4v) is 3.36. The maximum atomic E-state index is 12.2. The van der Waals surface area contributed by atoms with Gasteiger partial charge in [-0.3, -0.25) is 10.1 Å². The van der Waals surface area contributed by atoms with E-state index in [-0.39, 0.29) is 12.5 Å². The lowest BCUT2D eigenvalue weighted by atomic mass is 10.0. The van der Waals surface area contributed by atoms with Crippen molar-refractivity contribution in [2.45, 2.75) is 39.3 Å². The van der Waals surface area contributed by atoms with Gasteiger partial charge in [-0.15, -0.1) is 0 Å². The van der Waals surface area contributed by atoms with E-state index in [0.717, 1.165) is 30.6 Å². The average molecular weight is 370 g/mol. The lowest BCUT2D eigenvalue weighted by Gasteiger charge is -2.17. The Morgan fingerprint density at radius 1 is 1.33 bits per heavy atom. The zero-order valence-corrected chi connectivity index (χ0v) is 15.9. The molecule has 0 spiro atoms. The standard InChI is InChI=1S/C20H26N4O3/c1-3-7-16-10-18(25)24(12-16)13-17-11-21-19(23(17)2)22-20(26)27-14-15-8-5-4-6-9-15/h4-6,8-9,11,16H,3,7,10,12-14H2,1-2H3,(H,21,22,26). The van der Waals surface area contributed by atoms with Gasteiger partial charge >= 0.3 is 6.09 Å². The topological polar surface area (TPSA) is 76.5 Å². The molecule has 1 fully saturated rings. The Morgan fingerprint density at radius 3 is 2.85 bits per heavy atom. The first-order valence-electron chi connectivity index (χ1n) is 9.33. The summed E-state index contributed by atoms with van der Waals surface area (Å²) in [6.07, 6.45) is 3.93. The summed E-state index contributed by atoms with van der Waals surface area (Å²) < 4.78 is 7.00. The number of anilines is 1. The molecule has 0 saturated carbocycles. The Bertz CT molecular complexity index is 788. The monoisotopic (exact) mass is 370 g/mol. The summed E-state index contributed by atoms with van der Waals surface area (Å²) in [6, 6.07) is 9.49. The molecule has 1 N–H and O–H groups in total. The number of aromatic nitrogens is 2. The number of ether oxygens (including phenoxy) is 1. The van der Waals surface area contributed by atoms with E-state index in [1.54, 1.807) is 10.8 Å². The maximum absolute atomic E-state index is 12.2. The van der Waals surface area contributed by atoms with E-state index in [2.05, 4.69) is 17.2 Å². The third-order valence-corrected chi connectivity index (χ3v) is 4.86. The molecule has 27 heavy (non-hydrogen) atoms. The summed E-state index contributed by atoms with van der Waals surface area (Å²) in [5, 5.41) is 2.65. The van der Waals surface area contributed by atoms with E-state index in [1.807, 2.05) is 42.3 Å². The zero-order valence-electron chi connectivity index (χ0n) is 15.9. The van der Waals surface area contributed by atoms with E-state index < -0.39 is 6.09 Å². The molecular weight excluding hydrogens is 344 g/mol. The van der Waals surface area contributed by atoms with Gasteiger partial charge in [0.25, 0.3) is 0 Å². The number of nitrogens with one attached hydrogen (secondary N) is 1.